The second kappa shape index (κ2) is 4.43. The van der Waals surface area contributed by atoms with Gasteiger partial charge in [-0.25, -0.2) is 4.79 Å². The molecule has 11 heavy (non-hydrogen) atoms. The fourth-order valence-electron chi connectivity index (χ4n) is 0.714. The second-order valence-electron chi connectivity index (χ2n) is 1.81. The monoisotopic (exact) mass is 159 g/mol. The molecule has 0 radical (unpaired) electrons. The van der Waals surface area contributed by atoms with Gasteiger partial charge >= 0.3 is 5.97 Å². The van der Waals surface area contributed by atoms with E-state index in [0.29, 0.717) is 5.82 Å². The highest BCUT2D eigenvalue weighted by Gasteiger charge is 2.09. The van der Waals surface area contributed by atoms with Gasteiger partial charge in [0.15, 0.2) is 5.70 Å². The lowest BCUT2D eigenvalue weighted by atomic mass is 10.4. The standard InChI is InChI=1S/C6H13N3O2/c1-7-4(6(10)11)5(8-2)9-3/h7-9H,1-3H3,(H,10,11). The Morgan fingerprint density at radius 3 is 1.64 bits per heavy atom. The minimum atomic E-state index is -0.994. The summed E-state index contributed by atoms with van der Waals surface area (Å²) in [7, 11) is 4.84. The molecule has 0 aromatic heterocycles. The highest BCUT2D eigenvalue weighted by atomic mass is 16.4. The Morgan fingerprint density at radius 2 is 1.55 bits per heavy atom. The summed E-state index contributed by atoms with van der Waals surface area (Å²) in [6.07, 6.45) is 0. The number of likely N-dealkylation sites (N-methyl/N-ethyl adjacent to an activating group) is 1. The van der Waals surface area contributed by atoms with E-state index in [1.165, 1.54) is 0 Å². The number of hydrogen-bond donors (Lipinski definition) is 4. The third-order valence-electron chi connectivity index (χ3n) is 1.21. The lowest BCUT2D eigenvalue weighted by Gasteiger charge is -2.09. The van der Waals surface area contributed by atoms with Crippen LogP contribution in [0.2, 0.25) is 0 Å². The van der Waals surface area contributed by atoms with E-state index in [0.717, 1.165) is 0 Å². The van der Waals surface area contributed by atoms with Crippen molar-refractivity contribution in [3.05, 3.63) is 11.5 Å². The van der Waals surface area contributed by atoms with Gasteiger partial charge in [-0.05, 0) is 0 Å². The summed E-state index contributed by atoms with van der Waals surface area (Å²) in [5.74, 6) is -0.536. The Hall–Kier alpha value is -1.39. The number of nitrogens with one attached hydrogen (secondary N) is 3. The van der Waals surface area contributed by atoms with E-state index in [4.69, 9.17) is 5.11 Å². The van der Waals surface area contributed by atoms with Gasteiger partial charge in [0.25, 0.3) is 0 Å². The van der Waals surface area contributed by atoms with Crippen molar-refractivity contribution >= 4 is 5.97 Å². The zero-order valence-corrected chi connectivity index (χ0v) is 6.86. The van der Waals surface area contributed by atoms with E-state index < -0.39 is 5.97 Å². The molecule has 0 bridgehead atoms. The van der Waals surface area contributed by atoms with Crippen molar-refractivity contribution in [3.8, 4) is 0 Å². The quantitative estimate of drug-likeness (QED) is 0.392. The predicted octanol–water partition coefficient (Wildman–Crippen LogP) is -1.10. The van der Waals surface area contributed by atoms with Gasteiger partial charge in [-0.2, -0.15) is 0 Å². The number of rotatable bonds is 4. The van der Waals surface area contributed by atoms with E-state index in [1.807, 2.05) is 0 Å². The minimum absolute atomic E-state index is 0.120. The summed E-state index contributed by atoms with van der Waals surface area (Å²) in [5, 5.41) is 16.6. The summed E-state index contributed by atoms with van der Waals surface area (Å²) in [4.78, 5) is 10.5. The molecule has 4 N–H and O–H groups in total. The molecule has 64 valence electrons. The molecule has 0 rings (SSSR count). The Morgan fingerprint density at radius 1 is 1.09 bits per heavy atom. The van der Waals surface area contributed by atoms with E-state index in [-0.39, 0.29) is 5.70 Å². The SMILES string of the molecule is CNC(NC)=C(NC)C(=O)O. The van der Waals surface area contributed by atoms with Gasteiger partial charge in [0, 0.05) is 21.1 Å². The molecule has 0 unspecified atom stereocenters. The van der Waals surface area contributed by atoms with E-state index in [2.05, 4.69) is 16.0 Å². The van der Waals surface area contributed by atoms with Gasteiger partial charge in [0.1, 0.15) is 5.82 Å². The van der Waals surface area contributed by atoms with Gasteiger partial charge in [-0.3, -0.25) is 0 Å². The van der Waals surface area contributed by atoms with Crippen molar-refractivity contribution < 1.29 is 9.90 Å². The summed E-state index contributed by atoms with van der Waals surface area (Å²) < 4.78 is 0. The molecule has 0 aliphatic rings. The van der Waals surface area contributed by atoms with Gasteiger partial charge in [0.2, 0.25) is 0 Å². The molecule has 0 saturated heterocycles. The van der Waals surface area contributed by atoms with Crippen molar-refractivity contribution in [2.45, 2.75) is 0 Å². The van der Waals surface area contributed by atoms with Crippen LogP contribution in [0.5, 0.6) is 0 Å². The first-order chi connectivity index (χ1) is 5.17. The van der Waals surface area contributed by atoms with Gasteiger partial charge in [-0.1, -0.05) is 0 Å². The van der Waals surface area contributed by atoms with E-state index in [1.54, 1.807) is 21.1 Å². The van der Waals surface area contributed by atoms with Crippen LogP contribution in [0.25, 0.3) is 0 Å². The molecule has 0 aliphatic heterocycles. The lowest BCUT2D eigenvalue weighted by molar-refractivity contribution is -0.133. The first kappa shape index (κ1) is 9.61. The van der Waals surface area contributed by atoms with Gasteiger partial charge in [0.05, 0.1) is 0 Å². The van der Waals surface area contributed by atoms with Crippen LogP contribution >= 0.6 is 0 Å². The molecular formula is C6H13N3O2. The van der Waals surface area contributed by atoms with Gasteiger partial charge < -0.3 is 21.1 Å². The highest BCUT2D eigenvalue weighted by molar-refractivity contribution is 5.86. The van der Waals surface area contributed by atoms with Crippen LogP contribution in [-0.2, 0) is 4.79 Å². The first-order valence-electron chi connectivity index (χ1n) is 3.18. The number of hydrogen-bond acceptors (Lipinski definition) is 4. The summed E-state index contributed by atoms with van der Waals surface area (Å²) in [5.41, 5.74) is 0.120. The Bertz CT molecular complexity index is 171. The van der Waals surface area contributed by atoms with Crippen molar-refractivity contribution in [2.24, 2.45) is 0 Å². The Kier molecular flexibility index (Phi) is 3.87. The predicted molar refractivity (Wildman–Crippen MR) is 41.8 cm³/mol. The molecule has 5 nitrogen and oxygen atoms in total. The molecular weight excluding hydrogens is 146 g/mol. The van der Waals surface area contributed by atoms with Crippen LogP contribution < -0.4 is 16.0 Å². The van der Waals surface area contributed by atoms with E-state index in [9.17, 15) is 4.79 Å². The average molecular weight is 159 g/mol. The largest absolute Gasteiger partial charge is 0.476 e. The normalized spacial score (nSPS) is 8.27. The molecule has 0 amide bonds. The van der Waals surface area contributed by atoms with Crippen LogP contribution in [-0.4, -0.2) is 32.2 Å². The number of aliphatic carboxylic acids is 1. The molecule has 0 fully saturated rings. The van der Waals surface area contributed by atoms with Crippen molar-refractivity contribution in [3.63, 3.8) is 0 Å². The number of carboxylic acids is 1. The maximum atomic E-state index is 10.5. The van der Waals surface area contributed by atoms with Crippen molar-refractivity contribution in [2.75, 3.05) is 21.1 Å². The van der Waals surface area contributed by atoms with Crippen LogP contribution in [0.1, 0.15) is 0 Å². The Labute approximate surface area is 65.5 Å². The maximum absolute atomic E-state index is 10.5. The fraction of sp³-hybridized carbons (Fsp3) is 0.500. The second-order valence-corrected chi connectivity index (χ2v) is 1.81. The Balaban J connectivity index is 4.62. The van der Waals surface area contributed by atoms with Crippen LogP contribution in [0.15, 0.2) is 11.5 Å². The van der Waals surface area contributed by atoms with Crippen LogP contribution in [0.4, 0.5) is 0 Å². The molecule has 5 heteroatoms. The minimum Gasteiger partial charge on any atom is -0.476 e. The van der Waals surface area contributed by atoms with Crippen molar-refractivity contribution in [1.82, 2.24) is 16.0 Å². The van der Waals surface area contributed by atoms with Crippen molar-refractivity contribution in [1.29, 1.82) is 0 Å². The lowest BCUT2D eigenvalue weighted by Crippen LogP contribution is -2.30. The maximum Gasteiger partial charge on any atom is 0.355 e. The smallest absolute Gasteiger partial charge is 0.355 e. The first-order valence-corrected chi connectivity index (χ1v) is 3.18. The summed E-state index contributed by atoms with van der Waals surface area (Å²) >= 11 is 0. The third-order valence-corrected chi connectivity index (χ3v) is 1.21. The summed E-state index contributed by atoms with van der Waals surface area (Å²) in [6, 6.07) is 0. The molecule has 0 aliphatic carbocycles. The van der Waals surface area contributed by atoms with Gasteiger partial charge in [-0.15, -0.1) is 0 Å². The third kappa shape index (κ3) is 2.37. The molecule has 0 saturated carbocycles. The number of carbonyl (C=O) groups is 1. The molecule has 0 spiro atoms. The topological polar surface area (TPSA) is 73.4 Å². The van der Waals surface area contributed by atoms with Crippen LogP contribution in [0.3, 0.4) is 0 Å². The van der Waals surface area contributed by atoms with Crippen LogP contribution in [0, 0.1) is 0 Å². The highest BCUT2D eigenvalue weighted by Crippen LogP contribution is 1.91. The number of carboxylic acid groups (broad SMARTS) is 1. The zero-order valence-electron chi connectivity index (χ0n) is 6.86. The van der Waals surface area contributed by atoms with E-state index >= 15 is 0 Å². The zero-order chi connectivity index (χ0) is 8.85. The summed E-state index contributed by atoms with van der Waals surface area (Å²) in [6.45, 7) is 0. The molecule has 0 heterocycles. The molecule has 0 aromatic carbocycles. The average Bonchev–Trinajstić information content (AvgIpc) is 1.99. The fourth-order valence-corrected chi connectivity index (χ4v) is 0.714. The molecule has 0 aromatic rings. The molecule has 0 atom stereocenters.